The maximum Gasteiger partial charge on any atom is 0.261 e. The number of benzene rings is 3. The molecule has 0 fully saturated rings. The summed E-state index contributed by atoms with van der Waals surface area (Å²) >= 11 is 6.29. The van der Waals surface area contributed by atoms with E-state index in [1.165, 1.54) is 0 Å². The van der Waals surface area contributed by atoms with Crippen LogP contribution in [0.3, 0.4) is 0 Å². The van der Waals surface area contributed by atoms with E-state index in [-0.39, 0.29) is 24.5 Å². The molecule has 1 atom stereocenters. The number of rotatable bonds is 10. The quantitative estimate of drug-likeness (QED) is 0.377. The molecule has 0 aliphatic carbocycles. The van der Waals surface area contributed by atoms with Gasteiger partial charge in [0.2, 0.25) is 5.91 Å². The summed E-state index contributed by atoms with van der Waals surface area (Å²) in [6.07, 6.45) is 0.399. The molecule has 2 amide bonds. The second-order valence-electron chi connectivity index (χ2n) is 9.54. The Morgan fingerprint density at radius 3 is 2.17 bits per heavy atom. The normalized spacial score (nSPS) is 11.8. The molecular formula is C30H35ClN2O3. The van der Waals surface area contributed by atoms with Crippen LogP contribution >= 0.6 is 11.6 Å². The third kappa shape index (κ3) is 7.59. The monoisotopic (exact) mass is 506 g/mol. The van der Waals surface area contributed by atoms with Crippen molar-refractivity contribution >= 4 is 23.4 Å². The van der Waals surface area contributed by atoms with Crippen molar-refractivity contribution in [2.75, 3.05) is 6.61 Å². The molecule has 6 heteroatoms. The Kier molecular flexibility index (Phi) is 9.54. The Hall–Kier alpha value is -3.31. The number of nitrogens with one attached hydrogen (secondary N) is 1. The highest BCUT2D eigenvalue weighted by Crippen LogP contribution is 2.26. The van der Waals surface area contributed by atoms with Gasteiger partial charge in [-0.3, -0.25) is 9.59 Å². The van der Waals surface area contributed by atoms with E-state index in [4.69, 9.17) is 16.3 Å². The zero-order valence-electron chi connectivity index (χ0n) is 21.7. The summed E-state index contributed by atoms with van der Waals surface area (Å²) in [7, 11) is 0. The minimum atomic E-state index is -0.694. The first-order valence-electron chi connectivity index (χ1n) is 12.2. The zero-order chi connectivity index (χ0) is 26.2. The number of amides is 2. The average Bonchev–Trinajstić information content (AvgIpc) is 2.83. The Morgan fingerprint density at radius 2 is 1.56 bits per heavy atom. The second kappa shape index (κ2) is 12.6. The number of carbonyl (C=O) groups is 2. The van der Waals surface area contributed by atoms with Gasteiger partial charge in [0, 0.05) is 24.0 Å². The van der Waals surface area contributed by atoms with Crippen LogP contribution in [0.1, 0.15) is 41.7 Å². The largest absolute Gasteiger partial charge is 0.484 e. The third-order valence-electron chi connectivity index (χ3n) is 5.91. The fraction of sp³-hybridized carbons (Fsp3) is 0.333. The molecule has 5 nitrogen and oxygen atoms in total. The van der Waals surface area contributed by atoms with E-state index in [2.05, 4.69) is 5.32 Å². The van der Waals surface area contributed by atoms with Gasteiger partial charge in [-0.05, 0) is 69.0 Å². The van der Waals surface area contributed by atoms with E-state index in [1.807, 2.05) is 101 Å². The standard InChI is InChI=1S/C30H35ClN2O3/c1-20(2)32-30(35)27(17-24-11-7-6-8-12-24)33(18-25-13-9-10-21(3)14-25)28(34)19-36-26-15-22(4)29(31)23(5)16-26/h6-16,20,27H,17-19H2,1-5H3,(H,32,35). The van der Waals surface area contributed by atoms with E-state index in [0.717, 1.165) is 27.8 Å². The van der Waals surface area contributed by atoms with Gasteiger partial charge in [-0.1, -0.05) is 71.8 Å². The zero-order valence-corrected chi connectivity index (χ0v) is 22.4. The molecule has 36 heavy (non-hydrogen) atoms. The number of carbonyl (C=O) groups excluding carboxylic acids is 2. The molecule has 0 aliphatic heterocycles. The predicted octanol–water partition coefficient (Wildman–Crippen LogP) is 5.81. The Bertz CT molecular complexity index is 1170. The lowest BCUT2D eigenvalue weighted by molar-refractivity contribution is -0.143. The molecule has 190 valence electrons. The summed E-state index contributed by atoms with van der Waals surface area (Å²) in [4.78, 5) is 28.7. The summed E-state index contributed by atoms with van der Waals surface area (Å²) in [5, 5.41) is 3.69. The third-order valence-corrected chi connectivity index (χ3v) is 6.51. The Balaban J connectivity index is 1.92. The van der Waals surface area contributed by atoms with Gasteiger partial charge >= 0.3 is 0 Å². The van der Waals surface area contributed by atoms with Crippen LogP contribution in [-0.4, -0.2) is 35.4 Å². The topological polar surface area (TPSA) is 58.6 Å². The average molecular weight is 507 g/mol. The van der Waals surface area contributed by atoms with Gasteiger partial charge in [0.25, 0.3) is 5.91 Å². The van der Waals surface area contributed by atoms with Crippen LogP contribution in [0.4, 0.5) is 0 Å². The molecule has 0 aliphatic rings. The molecule has 0 radical (unpaired) electrons. The minimum Gasteiger partial charge on any atom is -0.484 e. The number of hydrogen-bond acceptors (Lipinski definition) is 3. The van der Waals surface area contributed by atoms with Crippen molar-refractivity contribution in [2.45, 2.75) is 59.7 Å². The summed E-state index contributed by atoms with van der Waals surface area (Å²) in [6.45, 7) is 9.76. The molecule has 3 rings (SSSR count). The summed E-state index contributed by atoms with van der Waals surface area (Å²) in [6, 6.07) is 20.6. The van der Waals surface area contributed by atoms with Crippen LogP contribution < -0.4 is 10.1 Å². The van der Waals surface area contributed by atoms with E-state index < -0.39 is 6.04 Å². The van der Waals surface area contributed by atoms with Crippen LogP contribution in [0.5, 0.6) is 5.75 Å². The van der Waals surface area contributed by atoms with Crippen LogP contribution in [-0.2, 0) is 22.6 Å². The maximum atomic E-state index is 13.7. The van der Waals surface area contributed by atoms with Crippen molar-refractivity contribution in [3.05, 3.63) is 99.6 Å². The van der Waals surface area contributed by atoms with Gasteiger partial charge in [0.05, 0.1) is 0 Å². The van der Waals surface area contributed by atoms with Gasteiger partial charge in [0.1, 0.15) is 11.8 Å². The van der Waals surface area contributed by atoms with Crippen molar-refractivity contribution in [1.29, 1.82) is 0 Å². The van der Waals surface area contributed by atoms with Gasteiger partial charge < -0.3 is 15.0 Å². The van der Waals surface area contributed by atoms with Crippen LogP contribution in [0.25, 0.3) is 0 Å². The molecule has 1 N–H and O–H groups in total. The first-order valence-corrected chi connectivity index (χ1v) is 12.6. The SMILES string of the molecule is Cc1cccc(CN(C(=O)COc2cc(C)c(Cl)c(C)c2)C(Cc2ccccc2)C(=O)NC(C)C)c1. The Morgan fingerprint density at radius 1 is 0.917 bits per heavy atom. The highest BCUT2D eigenvalue weighted by molar-refractivity contribution is 6.32. The van der Waals surface area contributed by atoms with Gasteiger partial charge in [-0.25, -0.2) is 0 Å². The van der Waals surface area contributed by atoms with E-state index in [1.54, 1.807) is 4.90 Å². The molecule has 3 aromatic rings. The van der Waals surface area contributed by atoms with Crippen molar-refractivity contribution in [1.82, 2.24) is 10.2 Å². The number of ether oxygens (including phenoxy) is 1. The molecule has 0 saturated carbocycles. The summed E-state index contributed by atoms with van der Waals surface area (Å²) in [5.74, 6) is 0.124. The van der Waals surface area contributed by atoms with Crippen molar-refractivity contribution < 1.29 is 14.3 Å². The highest BCUT2D eigenvalue weighted by Gasteiger charge is 2.31. The lowest BCUT2D eigenvalue weighted by atomic mass is 10.0. The smallest absolute Gasteiger partial charge is 0.261 e. The van der Waals surface area contributed by atoms with Gasteiger partial charge in [-0.15, -0.1) is 0 Å². The first kappa shape index (κ1) is 27.3. The highest BCUT2D eigenvalue weighted by atomic mass is 35.5. The molecule has 0 aromatic heterocycles. The Labute approximate surface area is 219 Å². The van der Waals surface area contributed by atoms with Crippen molar-refractivity contribution in [3.63, 3.8) is 0 Å². The molecule has 0 spiro atoms. The lowest BCUT2D eigenvalue weighted by Crippen LogP contribution is -2.52. The maximum absolute atomic E-state index is 13.7. The van der Waals surface area contributed by atoms with Crippen LogP contribution in [0.15, 0.2) is 66.7 Å². The van der Waals surface area contributed by atoms with E-state index in [9.17, 15) is 9.59 Å². The number of nitrogens with zero attached hydrogens (tertiary/aromatic N) is 1. The molecule has 0 bridgehead atoms. The lowest BCUT2D eigenvalue weighted by Gasteiger charge is -2.32. The second-order valence-corrected chi connectivity index (χ2v) is 9.92. The van der Waals surface area contributed by atoms with E-state index in [0.29, 0.717) is 23.7 Å². The first-order chi connectivity index (χ1) is 17.1. The van der Waals surface area contributed by atoms with E-state index >= 15 is 0 Å². The number of hydrogen-bond donors (Lipinski definition) is 1. The van der Waals surface area contributed by atoms with Gasteiger partial charge in [0.15, 0.2) is 6.61 Å². The summed E-state index contributed by atoms with van der Waals surface area (Å²) in [5.41, 5.74) is 4.79. The molecule has 3 aromatic carbocycles. The summed E-state index contributed by atoms with van der Waals surface area (Å²) < 4.78 is 5.91. The molecule has 0 heterocycles. The molecular weight excluding hydrogens is 472 g/mol. The van der Waals surface area contributed by atoms with Gasteiger partial charge in [-0.2, -0.15) is 0 Å². The minimum absolute atomic E-state index is 0.0528. The molecule has 1 unspecified atom stereocenters. The van der Waals surface area contributed by atoms with Crippen molar-refractivity contribution in [2.24, 2.45) is 0 Å². The predicted molar refractivity (Wildman–Crippen MR) is 145 cm³/mol. The molecule has 0 saturated heterocycles. The number of halogens is 1. The fourth-order valence-corrected chi connectivity index (χ4v) is 4.27. The number of aryl methyl sites for hydroxylation is 3. The fourth-order valence-electron chi connectivity index (χ4n) is 4.16. The van der Waals surface area contributed by atoms with Crippen LogP contribution in [0, 0.1) is 20.8 Å². The van der Waals surface area contributed by atoms with Crippen molar-refractivity contribution in [3.8, 4) is 5.75 Å². The van der Waals surface area contributed by atoms with Crippen LogP contribution in [0.2, 0.25) is 5.02 Å².